The number of hydrogen-bond acceptors (Lipinski definition) is 4. The van der Waals surface area contributed by atoms with Gasteiger partial charge in [-0.25, -0.2) is 0 Å². The van der Waals surface area contributed by atoms with E-state index in [0.717, 1.165) is 0 Å². The Morgan fingerprint density at radius 2 is 2.13 bits per heavy atom. The van der Waals surface area contributed by atoms with E-state index in [4.69, 9.17) is 15.6 Å². The van der Waals surface area contributed by atoms with Gasteiger partial charge in [0.1, 0.15) is 6.04 Å². The third-order valence-corrected chi connectivity index (χ3v) is 2.17. The highest BCUT2D eigenvalue weighted by Crippen LogP contribution is 2.35. The van der Waals surface area contributed by atoms with E-state index in [1.165, 1.54) is 13.2 Å². The summed E-state index contributed by atoms with van der Waals surface area (Å²) in [6, 6.07) is 1.93. The van der Waals surface area contributed by atoms with Crippen LogP contribution in [0.15, 0.2) is 12.1 Å². The molecule has 4 N–H and O–H groups in total. The number of carboxylic acid groups (broad SMARTS) is 1. The van der Waals surface area contributed by atoms with Crippen molar-refractivity contribution in [3.05, 3.63) is 23.3 Å². The molecule has 0 saturated carbocycles. The van der Waals surface area contributed by atoms with E-state index in [2.05, 4.69) is 0 Å². The SMILES string of the molecule is COc1c(C(N)C(=O)O)ccc(C)c1O. The highest BCUT2D eigenvalue weighted by molar-refractivity contribution is 5.77. The molecule has 0 heterocycles. The number of carbonyl (C=O) groups is 1. The van der Waals surface area contributed by atoms with E-state index in [0.29, 0.717) is 5.56 Å². The Balaban J connectivity index is 3.30. The molecule has 5 heteroatoms. The fourth-order valence-corrected chi connectivity index (χ4v) is 1.28. The molecule has 0 fully saturated rings. The smallest absolute Gasteiger partial charge is 0.325 e. The van der Waals surface area contributed by atoms with Crippen molar-refractivity contribution in [2.45, 2.75) is 13.0 Å². The normalized spacial score (nSPS) is 12.2. The first-order chi connectivity index (χ1) is 6.99. The van der Waals surface area contributed by atoms with Crippen molar-refractivity contribution in [3.8, 4) is 11.5 Å². The Kier molecular flexibility index (Phi) is 3.16. The van der Waals surface area contributed by atoms with Gasteiger partial charge in [-0.2, -0.15) is 0 Å². The number of methoxy groups -OCH3 is 1. The number of phenols is 1. The van der Waals surface area contributed by atoms with Crippen LogP contribution in [-0.4, -0.2) is 23.3 Å². The van der Waals surface area contributed by atoms with Crippen LogP contribution in [0, 0.1) is 6.92 Å². The fourth-order valence-electron chi connectivity index (χ4n) is 1.28. The average molecular weight is 211 g/mol. The molecule has 5 nitrogen and oxygen atoms in total. The number of nitrogens with two attached hydrogens (primary N) is 1. The molecule has 1 atom stereocenters. The fraction of sp³-hybridized carbons (Fsp3) is 0.300. The quantitative estimate of drug-likeness (QED) is 0.687. The Labute approximate surface area is 87.1 Å². The number of ether oxygens (including phenoxy) is 1. The van der Waals surface area contributed by atoms with Gasteiger partial charge in [0.25, 0.3) is 0 Å². The summed E-state index contributed by atoms with van der Waals surface area (Å²) in [4.78, 5) is 10.7. The van der Waals surface area contributed by atoms with Crippen LogP contribution < -0.4 is 10.5 Å². The monoisotopic (exact) mass is 211 g/mol. The minimum atomic E-state index is -1.20. The lowest BCUT2D eigenvalue weighted by Gasteiger charge is -2.14. The maximum Gasteiger partial charge on any atom is 0.325 e. The molecule has 0 aliphatic heterocycles. The predicted molar refractivity (Wildman–Crippen MR) is 54.0 cm³/mol. The summed E-state index contributed by atoms with van der Waals surface area (Å²) in [7, 11) is 1.35. The first-order valence-corrected chi connectivity index (χ1v) is 4.34. The van der Waals surface area contributed by atoms with Crippen LogP contribution in [-0.2, 0) is 4.79 Å². The minimum absolute atomic E-state index is 0.0771. The predicted octanol–water partition coefficient (Wildman–Crippen LogP) is 0.794. The zero-order chi connectivity index (χ0) is 11.6. The van der Waals surface area contributed by atoms with Crippen LogP contribution in [0.25, 0.3) is 0 Å². The summed E-state index contributed by atoms with van der Waals surface area (Å²) in [5.74, 6) is -1.13. The van der Waals surface area contributed by atoms with Crippen LogP contribution in [0.1, 0.15) is 17.2 Å². The molecule has 0 aliphatic carbocycles. The van der Waals surface area contributed by atoms with Crippen molar-refractivity contribution < 1.29 is 19.7 Å². The maximum atomic E-state index is 10.7. The number of aliphatic carboxylic acids is 1. The minimum Gasteiger partial charge on any atom is -0.504 e. The number of carboxylic acids is 1. The van der Waals surface area contributed by atoms with Gasteiger partial charge in [0, 0.05) is 5.56 Å². The van der Waals surface area contributed by atoms with E-state index < -0.39 is 12.0 Å². The number of aromatic hydroxyl groups is 1. The van der Waals surface area contributed by atoms with E-state index in [1.54, 1.807) is 13.0 Å². The Morgan fingerprint density at radius 3 is 2.60 bits per heavy atom. The number of benzene rings is 1. The molecule has 0 spiro atoms. The van der Waals surface area contributed by atoms with Crippen LogP contribution >= 0.6 is 0 Å². The molecule has 1 aromatic carbocycles. The molecule has 0 amide bonds. The molecule has 1 rings (SSSR count). The lowest BCUT2D eigenvalue weighted by molar-refractivity contribution is -0.138. The highest BCUT2D eigenvalue weighted by Gasteiger charge is 2.21. The summed E-state index contributed by atoms with van der Waals surface area (Å²) in [5, 5.41) is 18.4. The molecular formula is C10H13NO4. The lowest BCUT2D eigenvalue weighted by Crippen LogP contribution is -2.21. The third kappa shape index (κ3) is 2.02. The second-order valence-electron chi connectivity index (χ2n) is 3.17. The van der Waals surface area contributed by atoms with Crippen LogP contribution in [0.4, 0.5) is 0 Å². The van der Waals surface area contributed by atoms with E-state index >= 15 is 0 Å². The van der Waals surface area contributed by atoms with Gasteiger partial charge in [0.15, 0.2) is 11.5 Å². The molecule has 0 radical (unpaired) electrons. The van der Waals surface area contributed by atoms with Gasteiger partial charge < -0.3 is 20.7 Å². The van der Waals surface area contributed by atoms with Crippen LogP contribution in [0.5, 0.6) is 11.5 Å². The molecule has 0 saturated heterocycles. The molecule has 82 valence electrons. The van der Waals surface area contributed by atoms with Crippen molar-refractivity contribution in [1.82, 2.24) is 0 Å². The van der Waals surface area contributed by atoms with Crippen LogP contribution in [0.3, 0.4) is 0 Å². The van der Waals surface area contributed by atoms with Crippen molar-refractivity contribution in [1.29, 1.82) is 0 Å². The molecule has 1 aromatic rings. The maximum absolute atomic E-state index is 10.7. The highest BCUT2D eigenvalue weighted by atomic mass is 16.5. The second-order valence-corrected chi connectivity index (χ2v) is 3.17. The third-order valence-electron chi connectivity index (χ3n) is 2.17. The van der Waals surface area contributed by atoms with Crippen molar-refractivity contribution >= 4 is 5.97 Å². The molecule has 0 bridgehead atoms. The van der Waals surface area contributed by atoms with Crippen molar-refractivity contribution in [3.63, 3.8) is 0 Å². The Morgan fingerprint density at radius 1 is 1.53 bits per heavy atom. The summed E-state index contributed by atoms with van der Waals surface area (Å²) in [5.41, 5.74) is 6.30. The van der Waals surface area contributed by atoms with Crippen molar-refractivity contribution in [2.75, 3.05) is 7.11 Å². The lowest BCUT2D eigenvalue weighted by atomic mass is 10.0. The second kappa shape index (κ2) is 4.18. The Hall–Kier alpha value is -1.75. The molecule has 0 aromatic heterocycles. The summed E-state index contributed by atoms with van der Waals surface area (Å²) in [6.07, 6.45) is 0. The van der Waals surface area contributed by atoms with E-state index in [-0.39, 0.29) is 17.1 Å². The van der Waals surface area contributed by atoms with Gasteiger partial charge in [-0.05, 0) is 12.5 Å². The number of hydrogen-bond donors (Lipinski definition) is 3. The summed E-state index contributed by atoms with van der Waals surface area (Å²) < 4.78 is 4.93. The first-order valence-electron chi connectivity index (χ1n) is 4.34. The van der Waals surface area contributed by atoms with Gasteiger partial charge in [0.05, 0.1) is 7.11 Å². The molecule has 1 unspecified atom stereocenters. The zero-order valence-corrected chi connectivity index (χ0v) is 8.52. The van der Waals surface area contributed by atoms with Gasteiger partial charge in [-0.15, -0.1) is 0 Å². The molecule has 15 heavy (non-hydrogen) atoms. The van der Waals surface area contributed by atoms with Gasteiger partial charge in [0.2, 0.25) is 0 Å². The first kappa shape index (κ1) is 11.3. The standard InChI is InChI=1S/C10H13NO4/c1-5-3-4-6(7(11)10(13)14)9(15-2)8(5)12/h3-4,7,12H,11H2,1-2H3,(H,13,14). The van der Waals surface area contributed by atoms with Crippen molar-refractivity contribution in [2.24, 2.45) is 5.73 Å². The number of rotatable bonds is 3. The number of aryl methyl sites for hydroxylation is 1. The average Bonchev–Trinajstić information content (AvgIpc) is 2.20. The van der Waals surface area contributed by atoms with E-state index in [9.17, 15) is 9.90 Å². The van der Waals surface area contributed by atoms with Gasteiger partial charge in [-0.3, -0.25) is 4.79 Å². The van der Waals surface area contributed by atoms with E-state index in [1.807, 2.05) is 0 Å². The van der Waals surface area contributed by atoms with Crippen LogP contribution in [0.2, 0.25) is 0 Å². The topological polar surface area (TPSA) is 92.8 Å². The molecular weight excluding hydrogens is 198 g/mol. The zero-order valence-electron chi connectivity index (χ0n) is 8.52. The molecule has 0 aliphatic rings. The number of phenolic OH excluding ortho intramolecular Hbond substituents is 1. The largest absolute Gasteiger partial charge is 0.504 e. The Bertz CT molecular complexity index is 389. The summed E-state index contributed by atoms with van der Waals surface area (Å²) >= 11 is 0. The summed E-state index contributed by atoms with van der Waals surface area (Å²) in [6.45, 7) is 1.69. The van der Waals surface area contributed by atoms with Gasteiger partial charge >= 0.3 is 5.97 Å². The van der Waals surface area contributed by atoms with Gasteiger partial charge in [-0.1, -0.05) is 12.1 Å².